The minimum Gasteiger partial charge on any atom is -0.477 e. The molecule has 4 rings (SSSR count). The summed E-state index contributed by atoms with van der Waals surface area (Å²) in [6.07, 6.45) is 7.12. The first-order chi connectivity index (χ1) is 11.8. The molecule has 0 aromatic carbocycles. The van der Waals surface area contributed by atoms with Crippen molar-refractivity contribution >= 4 is 5.91 Å². The second-order valence-corrected chi connectivity index (χ2v) is 7.51. The molecule has 3 fully saturated rings. The van der Waals surface area contributed by atoms with Crippen LogP contribution in [0.1, 0.15) is 32.1 Å². The van der Waals surface area contributed by atoms with Gasteiger partial charge in [0.15, 0.2) is 0 Å². The summed E-state index contributed by atoms with van der Waals surface area (Å²) in [5.41, 5.74) is 0.123. The molecule has 2 aliphatic heterocycles. The Labute approximate surface area is 143 Å². The van der Waals surface area contributed by atoms with Crippen LogP contribution in [0, 0.1) is 17.3 Å². The maximum absolute atomic E-state index is 12.9. The lowest BCUT2D eigenvalue weighted by molar-refractivity contribution is -0.138. The molecule has 130 valence electrons. The van der Waals surface area contributed by atoms with Gasteiger partial charge in [-0.15, -0.1) is 0 Å². The van der Waals surface area contributed by atoms with Crippen LogP contribution >= 0.6 is 0 Å². The number of ether oxygens (including phenoxy) is 2. The van der Waals surface area contributed by atoms with E-state index in [9.17, 15) is 4.79 Å². The topological polar surface area (TPSA) is 51.7 Å². The third kappa shape index (κ3) is 3.02. The molecule has 24 heavy (non-hydrogen) atoms. The first-order valence-electron chi connectivity index (χ1n) is 9.17. The molecule has 0 spiro atoms. The van der Waals surface area contributed by atoms with Crippen molar-refractivity contribution in [1.29, 1.82) is 0 Å². The van der Waals surface area contributed by atoms with Crippen molar-refractivity contribution in [3.05, 3.63) is 24.4 Å². The van der Waals surface area contributed by atoms with Gasteiger partial charge in [0.1, 0.15) is 0 Å². The van der Waals surface area contributed by atoms with Gasteiger partial charge < -0.3 is 14.4 Å². The lowest BCUT2D eigenvalue weighted by Crippen LogP contribution is -2.39. The first-order valence-corrected chi connectivity index (χ1v) is 9.17. The quantitative estimate of drug-likeness (QED) is 0.851. The van der Waals surface area contributed by atoms with Gasteiger partial charge in [-0.05, 0) is 37.7 Å². The number of nitrogens with zero attached hydrogens (tertiary/aromatic N) is 2. The highest BCUT2D eigenvalue weighted by Gasteiger charge is 2.51. The largest absolute Gasteiger partial charge is 0.477 e. The molecule has 0 unspecified atom stereocenters. The van der Waals surface area contributed by atoms with Crippen molar-refractivity contribution in [2.45, 2.75) is 32.1 Å². The molecule has 2 saturated heterocycles. The first kappa shape index (κ1) is 15.9. The number of rotatable bonds is 4. The highest BCUT2D eigenvalue weighted by atomic mass is 16.5. The Bertz CT molecular complexity index is 573. The van der Waals surface area contributed by atoms with Gasteiger partial charge >= 0.3 is 0 Å². The van der Waals surface area contributed by atoms with Gasteiger partial charge in [-0.25, -0.2) is 4.98 Å². The maximum Gasteiger partial charge on any atom is 0.225 e. The van der Waals surface area contributed by atoms with Gasteiger partial charge in [0.25, 0.3) is 0 Å². The summed E-state index contributed by atoms with van der Waals surface area (Å²) in [6.45, 7) is 3.87. The fourth-order valence-corrected chi connectivity index (χ4v) is 4.67. The van der Waals surface area contributed by atoms with Crippen LogP contribution < -0.4 is 4.74 Å². The Morgan fingerprint density at radius 2 is 2.21 bits per heavy atom. The minimum atomic E-state index is 0.123. The Morgan fingerprint density at radius 1 is 1.33 bits per heavy atom. The molecule has 0 bridgehead atoms. The van der Waals surface area contributed by atoms with E-state index in [-0.39, 0.29) is 11.3 Å². The van der Waals surface area contributed by atoms with Crippen LogP contribution in [0.25, 0.3) is 0 Å². The summed E-state index contributed by atoms with van der Waals surface area (Å²) in [5.74, 6) is 1.76. The molecule has 3 aliphatic rings. The molecule has 2 atom stereocenters. The van der Waals surface area contributed by atoms with Gasteiger partial charge in [-0.2, -0.15) is 0 Å². The summed E-state index contributed by atoms with van der Waals surface area (Å²) in [5, 5.41) is 0. The summed E-state index contributed by atoms with van der Waals surface area (Å²) < 4.78 is 11.4. The highest BCUT2D eigenvalue weighted by Crippen LogP contribution is 2.49. The van der Waals surface area contributed by atoms with Gasteiger partial charge in [-0.1, -0.05) is 12.5 Å². The highest BCUT2D eigenvalue weighted by molar-refractivity contribution is 5.79. The van der Waals surface area contributed by atoms with Crippen molar-refractivity contribution in [2.24, 2.45) is 17.3 Å². The average Bonchev–Trinajstić information content (AvgIpc) is 3.18. The summed E-state index contributed by atoms with van der Waals surface area (Å²) >= 11 is 0. The van der Waals surface area contributed by atoms with Gasteiger partial charge in [0.05, 0.1) is 6.61 Å². The van der Waals surface area contributed by atoms with Crippen molar-refractivity contribution in [3.63, 3.8) is 0 Å². The molecule has 0 radical (unpaired) electrons. The molecule has 1 amide bonds. The van der Waals surface area contributed by atoms with E-state index in [1.807, 2.05) is 18.2 Å². The molecule has 1 aliphatic carbocycles. The zero-order valence-electron chi connectivity index (χ0n) is 14.2. The number of pyridine rings is 1. The number of hydrogen-bond donors (Lipinski definition) is 0. The number of aromatic nitrogens is 1. The van der Waals surface area contributed by atoms with Gasteiger partial charge in [-0.3, -0.25) is 4.79 Å². The van der Waals surface area contributed by atoms with E-state index in [4.69, 9.17) is 9.47 Å². The van der Waals surface area contributed by atoms with E-state index in [0.29, 0.717) is 24.3 Å². The van der Waals surface area contributed by atoms with E-state index in [1.54, 1.807) is 6.20 Å². The lowest BCUT2D eigenvalue weighted by Gasteiger charge is -2.30. The Balaban J connectivity index is 1.42. The number of hydrogen-bond acceptors (Lipinski definition) is 4. The van der Waals surface area contributed by atoms with Crippen LogP contribution in [0.5, 0.6) is 5.88 Å². The second-order valence-electron chi connectivity index (χ2n) is 7.51. The van der Waals surface area contributed by atoms with Crippen LogP contribution in [0.2, 0.25) is 0 Å². The Morgan fingerprint density at radius 3 is 3.00 bits per heavy atom. The summed E-state index contributed by atoms with van der Waals surface area (Å²) in [6, 6.07) is 5.75. The number of carbonyl (C=O) groups is 1. The van der Waals surface area contributed by atoms with Crippen LogP contribution in [0.4, 0.5) is 0 Å². The molecule has 1 aromatic heterocycles. The van der Waals surface area contributed by atoms with Crippen LogP contribution in [-0.2, 0) is 9.53 Å². The SMILES string of the molecule is O=C(C1CCOCC1)N1C[C@@H]2CCC[C@]2(COc2ccccn2)C1. The smallest absolute Gasteiger partial charge is 0.225 e. The molecular formula is C19H26N2O3. The molecule has 0 N–H and O–H groups in total. The third-order valence-corrected chi connectivity index (χ3v) is 6.07. The zero-order chi connectivity index (χ0) is 16.4. The molecule has 5 nitrogen and oxygen atoms in total. The molecule has 1 saturated carbocycles. The molecular weight excluding hydrogens is 304 g/mol. The third-order valence-electron chi connectivity index (χ3n) is 6.07. The molecule has 1 aromatic rings. The number of likely N-dealkylation sites (tertiary alicyclic amines) is 1. The second kappa shape index (κ2) is 6.71. The number of fused-ring (bicyclic) bond motifs is 1. The normalized spacial score (nSPS) is 30.3. The molecule has 3 heterocycles. The van der Waals surface area contributed by atoms with Crippen molar-refractivity contribution in [1.82, 2.24) is 9.88 Å². The minimum absolute atomic E-state index is 0.123. The van der Waals surface area contributed by atoms with E-state index < -0.39 is 0 Å². The van der Waals surface area contributed by atoms with Crippen molar-refractivity contribution in [3.8, 4) is 5.88 Å². The van der Waals surface area contributed by atoms with E-state index in [0.717, 1.165) is 45.6 Å². The fraction of sp³-hybridized carbons (Fsp3) is 0.684. The van der Waals surface area contributed by atoms with E-state index in [2.05, 4.69) is 9.88 Å². The average molecular weight is 330 g/mol. The fourth-order valence-electron chi connectivity index (χ4n) is 4.67. The van der Waals surface area contributed by atoms with Crippen molar-refractivity contribution < 1.29 is 14.3 Å². The maximum atomic E-state index is 12.9. The number of amides is 1. The lowest BCUT2D eigenvalue weighted by atomic mass is 9.81. The zero-order valence-corrected chi connectivity index (χ0v) is 14.2. The van der Waals surface area contributed by atoms with Gasteiger partial charge in [0.2, 0.25) is 11.8 Å². The Hall–Kier alpha value is -1.62. The van der Waals surface area contributed by atoms with Crippen LogP contribution in [0.3, 0.4) is 0 Å². The summed E-state index contributed by atoms with van der Waals surface area (Å²) in [7, 11) is 0. The number of carbonyl (C=O) groups excluding carboxylic acids is 1. The van der Waals surface area contributed by atoms with E-state index in [1.165, 1.54) is 12.8 Å². The predicted molar refractivity (Wildman–Crippen MR) is 89.6 cm³/mol. The van der Waals surface area contributed by atoms with E-state index >= 15 is 0 Å². The predicted octanol–water partition coefficient (Wildman–Crippen LogP) is 2.52. The van der Waals surface area contributed by atoms with Crippen molar-refractivity contribution in [2.75, 3.05) is 32.9 Å². The standard InChI is InChI=1S/C19H26N2O3/c22-18(15-6-10-23-11-7-15)21-12-16-4-3-8-19(16,13-21)14-24-17-5-1-2-9-20-17/h1-2,5,9,15-16H,3-4,6-8,10-14H2/t16-,19+/m0/s1. The Kier molecular flexibility index (Phi) is 4.44. The monoisotopic (exact) mass is 330 g/mol. The van der Waals surface area contributed by atoms with Crippen LogP contribution in [0.15, 0.2) is 24.4 Å². The van der Waals surface area contributed by atoms with Crippen LogP contribution in [-0.4, -0.2) is 48.7 Å². The molecule has 5 heteroatoms. The van der Waals surface area contributed by atoms with Gasteiger partial charge in [0, 0.05) is 49.9 Å². The summed E-state index contributed by atoms with van der Waals surface area (Å²) in [4.78, 5) is 19.2.